The highest BCUT2D eigenvalue weighted by Crippen LogP contribution is 2.28. The van der Waals surface area contributed by atoms with Gasteiger partial charge in [-0.1, -0.05) is 35.4 Å². The van der Waals surface area contributed by atoms with Crippen molar-refractivity contribution >= 4 is 35.4 Å². The fourth-order valence-corrected chi connectivity index (χ4v) is 1.91. The minimum absolute atomic E-state index is 0.523. The smallest absolute Gasteiger partial charge is 0.130 e. The Morgan fingerprint density at radius 3 is 2.67 bits per heavy atom. The Morgan fingerprint density at radius 1 is 1.20 bits per heavy atom. The monoisotopic (exact) mass is 256 g/mol. The normalized spacial score (nSPS) is 10.3. The summed E-state index contributed by atoms with van der Waals surface area (Å²) in [6, 6.07) is 7.06. The summed E-state index contributed by atoms with van der Waals surface area (Å²) in [7, 11) is 0. The van der Waals surface area contributed by atoms with Gasteiger partial charge in [0.1, 0.15) is 4.64 Å². The van der Waals surface area contributed by atoms with Gasteiger partial charge in [-0.2, -0.15) is 0 Å². The number of aromatic nitrogens is 2. The maximum absolute atomic E-state index is 6.06. The molecule has 0 aliphatic carbocycles. The van der Waals surface area contributed by atoms with Crippen LogP contribution < -0.4 is 0 Å². The van der Waals surface area contributed by atoms with E-state index in [0.29, 0.717) is 14.7 Å². The van der Waals surface area contributed by atoms with Crippen LogP contribution >= 0.6 is 35.4 Å². The van der Waals surface area contributed by atoms with Crippen LogP contribution in [0.3, 0.4) is 0 Å². The van der Waals surface area contributed by atoms with Gasteiger partial charge in [-0.15, -0.1) is 0 Å². The van der Waals surface area contributed by atoms with E-state index in [9.17, 15) is 0 Å². The van der Waals surface area contributed by atoms with E-state index in [4.69, 9.17) is 35.4 Å². The van der Waals surface area contributed by atoms with E-state index in [1.807, 2.05) is 6.07 Å². The van der Waals surface area contributed by atoms with Crippen molar-refractivity contribution in [1.29, 1.82) is 0 Å². The highest BCUT2D eigenvalue weighted by molar-refractivity contribution is 7.71. The average Bonchev–Trinajstić information content (AvgIpc) is 2.17. The van der Waals surface area contributed by atoms with Gasteiger partial charge in [-0.3, -0.25) is 0 Å². The minimum atomic E-state index is 0.523. The molecule has 1 N–H and O–H groups in total. The largest absolute Gasteiger partial charge is 0.346 e. The Morgan fingerprint density at radius 2 is 2.00 bits per heavy atom. The molecule has 0 saturated heterocycles. The summed E-state index contributed by atoms with van der Waals surface area (Å²) < 4.78 is 0.523. The van der Waals surface area contributed by atoms with Crippen molar-refractivity contribution in [3.8, 4) is 11.3 Å². The van der Waals surface area contributed by atoms with Crippen molar-refractivity contribution in [2.75, 3.05) is 0 Å². The molecular weight excluding hydrogens is 251 g/mol. The lowest BCUT2D eigenvalue weighted by Crippen LogP contribution is -1.86. The summed E-state index contributed by atoms with van der Waals surface area (Å²) in [6.07, 6.45) is 1.54. The molecule has 0 fully saturated rings. The molecule has 1 heterocycles. The molecule has 0 atom stereocenters. The maximum atomic E-state index is 6.06. The lowest BCUT2D eigenvalue weighted by molar-refractivity contribution is 1.16. The summed E-state index contributed by atoms with van der Waals surface area (Å²) >= 11 is 16.8. The fraction of sp³-hybridized carbons (Fsp3) is 0. The average molecular weight is 257 g/mol. The number of aromatic amines is 1. The molecule has 0 amide bonds. The maximum Gasteiger partial charge on any atom is 0.130 e. The zero-order valence-electron chi connectivity index (χ0n) is 7.50. The third-order valence-corrected chi connectivity index (χ3v) is 2.67. The van der Waals surface area contributed by atoms with Gasteiger partial charge in [-0.25, -0.2) is 4.98 Å². The molecule has 15 heavy (non-hydrogen) atoms. The van der Waals surface area contributed by atoms with E-state index in [-0.39, 0.29) is 0 Å². The van der Waals surface area contributed by atoms with E-state index in [2.05, 4.69) is 9.97 Å². The SMILES string of the molecule is S=c1cc(-c2ccc(Cl)cc2Cl)[nH]cn1. The van der Waals surface area contributed by atoms with Gasteiger partial charge >= 0.3 is 0 Å². The number of hydrogen-bond acceptors (Lipinski definition) is 2. The molecule has 0 spiro atoms. The molecule has 76 valence electrons. The summed E-state index contributed by atoms with van der Waals surface area (Å²) in [4.78, 5) is 6.88. The predicted molar refractivity (Wildman–Crippen MR) is 64.9 cm³/mol. The summed E-state index contributed by atoms with van der Waals surface area (Å²) in [5, 5.41) is 1.19. The molecule has 2 aromatic rings. The third kappa shape index (κ3) is 2.37. The second-order valence-corrected chi connectivity index (χ2v) is 4.18. The van der Waals surface area contributed by atoms with E-state index in [0.717, 1.165) is 11.3 Å². The molecule has 5 heteroatoms. The summed E-state index contributed by atoms with van der Waals surface area (Å²) in [5.41, 5.74) is 1.69. The van der Waals surface area contributed by atoms with Crippen LogP contribution in [0.4, 0.5) is 0 Å². The molecule has 2 nitrogen and oxygen atoms in total. The Kier molecular flexibility index (Phi) is 3.05. The van der Waals surface area contributed by atoms with Crippen LogP contribution in [0.2, 0.25) is 10.0 Å². The Hall–Kier alpha value is -0.900. The lowest BCUT2D eigenvalue weighted by Gasteiger charge is -2.04. The van der Waals surface area contributed by atoms with Gasteiger partial charge in [0.15, 0.2) is 0 Å². The Balaban J connectivity index is 2.59. The molecule has 0 saturated carbocycles. The first-order chi connectivity index (χ1) is 7.16. The minimum Gasteiger partial charge on any atom is -0.346 e. The number of halogens is 2. The van der Waals surface area contributed by atoms with Crippen LogP contribution in [0.5, 0.6) is 0 Å². The number of nitrogens with one attached hydrogen (secondary N) is 1. The summed E-state index contributed by atoms with van der Waals surface area (Å²) in [5.74, 6) is 0. The van der Waals surface area contributed by atoms with Gasteiger partial charge in [0.25, 0.3) is 0 Å². The standard InChI is InChI=1S/C10H6Cl2N2S/c11-6-1-2-7(8(12)3-6)9-4-10(15)14-5-13-9/h1-5H,(H,13,14,15). The van der Waals surface area contributed by atoms with Crippen LogP contribution in [0.1, 0.15) is 0 Å². The molecule has 0 aliphatic heterocycles. The second-order valence-electron chi connectivity index (χ2n) is 2.92. The second kappa shape index (κ2) is 4.31. The Labute approximate surface area is 102 Å². The molecule has 0 aliphatic rings. The van der Waals surface area contributed by atoms with Gasteiger partial charge in [0, 0.05) is 10.6 Å². The van der Waals surface area contributed by atoms with Crippen molar-refractivity contribution in [1.82, 2.24) is 9.97 Å². The third-order valence-electron chi connectivity index (χ3n) is 1.90. The lowest BCUT2D eigenvalue weighted by atomic mass is 10.1. The first-order valence-corrected chi connectivity index (χ1v) is 5.33. The van der Waals surface area contributed by atoms with Gasteiger partial charge < -0.3 is 4.98 Å². The van der Waals surface area contributed by atoms with Crippen LogP contribution in [0, 0.1) is 4.64 Å². The van der Waals surface area contributed by atoms with Gasteiger partial charge in [0.2, 0.25) is 0 Å². The molecule has 0 unspecified atom stereocenters. The highest BCUT2D eigenvalue weighted by Gasteiger charge is 2.04. The van der Waals surface area contributed by atoms with Crippen LogP contribution in [-0.4, -0.2) is 9.97 Å². The molecule has 2 rings (SSSR count). The summed E-state index contributed by atoms with van der Waals surface area (Å²) in [6.45, 7) is 0. The number of benzene rings is 1. The fourth-order valence-electron chi connectivity index (χ4n) is 1.23. The topological polar surface area (TPSA) is 28.7 Å². The van der Waals surface area contributed by atoms with Gasteiger partial charge in [0.05, 0.1) is 17.0 Å². The highest BCUT2D eigenvalue weighted by atomic mass is 35.5. The zero-order chi connectivity index (χ0) is 10.8. The predicted octanol–water partition coefficient (Wildman–Crippen LogP) is 4.11. The molecule has 1 aromatic heterocycles. The van der Waals surface area contributed by atoms with Crippen LogP contribution in [-0.2, 0) is 0 Å². The van der Waals surface area contributed by atoms with E-state index in [1.165, 1.54) is 0 Å². The Bertz CT molecular complexity index is 551. The van der Waals surface area contributed by atoms with Crippen molar-refractivity contribution in [3.63, 3.8) is 0 Å². The first kappa shape index (κ1) is 10.6. The first-order valence-electron chi connectivity index (χ1n) is 4.17. The number of nitrogens with zero attached hydrogens (tertiary/aromatic N) is 1. The van der Waals surface area contributed by atoms with Crippen LogP contribution in [0.25, 0.3) is 11.3 Å². The van der Waals surface area contributed by atoms with E-state index < -0.39 is 0 Å². The van der Waals surface area contributed by atoms with Crippen molar-refractivity contribution in [2.24, 2.45) is 0 Å². The molecule has 0 radical (unpaired) electrons. The van der Waals surface area contributed by atoms with Gasteiger partial charge in [-0.05, 0) is 24.3 Å². The van der Waals surface area contributed by atoms with Crippen molar-refractivity contribution in [3.05, 3.63) is 45.3 Å². The van der Waals surface area contributed by atoms with Crippen molar-refractivity contribution < 1.29 is 0 Å². The van der Waals surface area contributed by atoms with E-state index >= 15 is 0 Å². The number of H-pyrrole nitrogens is 1. The van der Waals surface area contributed by atoms with Crippen LogP contribution in [0.15, 0.2) is 30.6 Å². The number of rotatable bonds is 1. The van der Waals surface area contributed by atoms with Crippen molar-refractivity contribution in [2.45, 2.75) is 0 Å². The van der Waals surface area contributed by atoms with E-state index in [1.54, 1.807) is 24.5 Å². The molecular formula is C10H6Cl2N2S. The zero-order valence-corrected chi connectivity index (χ0v) is 9.83. The molecule has 1 aromatic carbocycles. The quantitative estimate of drug-likeness (QED) is 0.778. The molecule has 0 bridgehead atoms. The number of hydrogen-bond donors (Lipinski definition) is 1.